The number of ether oxygens (including phenoxy) is 3. The molecule has 3 heterocycles. The maximum Gasteiger partial charge on any atom is 0.337 e. The lowest BCUT2D eigenvalue weighted by molar-refractivity contribution is -0.152. The van der Waals surface area contributed by atoms with Crippen molar-refractivity contribution in [3.8, 4) is 0 Å². The van der Waals surface area contributed by atoms with E-state index in [1.165, 1.54) is 21.8 Å². The minimum atomic E-state index is -1.35. The number of aromatic nitrogens is 2. The van der Waals surface area contributed by atoms with Crippen LogP contribution >= 0.6 is 11.3 Å². The summed E-state index contributed by atoms with van der Waals surface area (Å²) in [7, 11) is 0. The lowest BCUT2D eigenvalue weighted by Crippen LogP contribution is -2.38. The van der Waals surface area contributed by atoms with Gasteiger partial charge in [-0.25, -0.2) is 14.6 Å². The molecular formula is C22H25N3O7S. The third-order valence-corrected chi connectivity index (χ3v) is 5.92. The maximum atomic E-state index is 13.2. The first-order valence-corrected chi connectivity index (χ1v) is 11.2. The normalized spacial score (nSPS) is 14.3. The van der Waals surface area contributed by atoms with Gasteiger partial charge in [-0.05, 0) is 34.6 Å². The third-order valence-electron chi connectivity index (χ3n) is 4.98. The summed E-state index contributed by atoms with van der Waals surface area (Å²) in [5.74, 6) is -3.69. The lowest BCUT2D eigenvalue weighted by Gasteiger charge is -2.28. The second kappa shape index (κ2) is 9.99. The zero-order valence-electron chi connectivity index (χ0n) is 19.0. The number of esters is 3. The summed E-state index contributed by atoms with van der Waals surface area (Å²) in [6.07, 6.45) is 0. The number of rotatable bonds is 7. The van der Waals surface area contributed by atoms with Gasteiger partial charge in [0.05, 0.1) is 30.1 Å². The number of dihydropyridines is 1. The van der Waals surface area contributed by atoms with Gasteiger partial charge in [0.15, 0.2) is 4.96 Å². The molecule has 0 amide bonds. The van der Waals surface area contributed by atoms with Gasteiger partial charge >= 0.3 is 17.9 Å². The minimum Gasteiger partial charge on any atom is -0.463 e. The van der Waals surface area contributed by atoms with Gasteiger partial charge < -0.3 is 19.5 Å². The summed E-state index contributed by atoms with van der Waals surface area (Å²) in [6.45, 7) is 8.14. The van der Waals surface area contributed by atoms with Crippen LogP contribution in [0.25, 0.3) is 4.96 Å². The van der Waals surface area contributed by atoms with E-state index >= 15 is 0 Å². The van der Waals surface area contributed by atoms with Gasteiger partial charge in [-0.3, -0.25) is 14.0 Å². The van der Waals surface area contributed by atoms with E-state index in [1.54, 1.807) is 40.0 Å². The molecule has 0 unspecified atom stereocenters. The highest BCUT2D eigenvalue weighted by Crippen LogP contribution is 2.32. The molecule has 1 aliphatic rings. The van der Waals surface area contributed by atoms with Crippen LogP contribution in [0.4, 0.5) is 0 Å². The molecule has 10 nitrogen and oxygen atoms in total. The fourth-order valence-electron chi connectivity index (χ4n) is 3.59. The number of thiazole rings is 1. The molecule has 0 spiro atoms. The summed E-state index contributed by atoms with van der Waals surface area (Å²) in [5.41, 5.74) is 1.38. The van der Waals surface area contributed by atoms with E-state index in [0.29, 0.717) is 16.4 Å². The van der Waals surface area contributed by atoms with Crippen molar-refractivity contribution < 1.29 is 28.6 Å². The van der Waals surface area contributed by atoms with Crippen LogP contribution < -0.4 is 10.9 Å². The number of nitrogens with one attached hydrogen (secondary N) is 1. The molecule has 0 bridgehead atoms. The zero-order chi connectivity index (χ0) is 24.3. The van der Waals surface area contributed by atoms with E-state index in [9.17, 15) is 19.2 Å². The van der Waals surface area contributed by atoms with Crippen molar-refractivity contribution in [1.29, 1.82) is 0 Å². The quantitative estimate of drug-likeness (QED) is 0.473. The Morgan fingerprint density at radius 2 is 1.61 bits per heavy atom. The molecule has 0 aliphatic carbocycles. The number of nitrogens with zero attached hydrogens (tertiary/aromatic N) is 2. The number of carbonyl (C=O) groups excluding carboxylic acids is 3. The number of carbonyl (C=O) groups is 3. The Kier molecular flexibility index (Phi) is 7.32. The van der Waals surface area contributed by atoms with Crippen LogP contribution in [0.15, 0.2) is 38.8 Å². The van der Waals surface area contributed by atoms with Gasteiger partial charge in [-0.2, -0.15) is 0 Å². The van der Waals surface area contributed by atoms with E-state index < -0.39 is 23.8 Å². The Morgan fingerprint density at radius 3 is 2.15 bits per heavy atom. The third kappa shape index (κ3) is 4.82. The highest BCUT2D eigenvalue weighted by molar-refractivity contribution is 7.15. The van der Waals surface area contributed by atoms with Gasteiger partial charge in [0.25, 0.3) is 5.56 Å². The molecular weight excluding hydrogens is 450 g/mol. The number of aryl methyl sites for hydroxylation is 1. The van der Waals surface area contributed by atoms with E-state index in [-0.39, 0.29) is 42.2 Å². The van der Waals surface area contributed by atoms with Gasteiger partial charge in [0, 0.05) is 28.5 Å². The van der Waals surface area contributed by atoms with E-state index in [4.69, 9.17) is 14.2 Å². The maximum absolute atomic E-state index is 13.2. The molecule has 0 fully saturated rings. The zero-order valence-corrected chi connectivity index (χ0v) is 19.8. The molecule has 0 radical (unpaired) electrons. The highest BCUT2D eigenvalue weighted by Gasteiger charge is 2.42. The van der Waals surface area contributed by atoms with Crippen molar-refractivity contribution in [3.63, 3.8) is 0 Å². The summed E-state index contributed by atoms with van der Waals surface area (Å²) < 4.78 is 17.1. The van der Waals surface area contributed by atoms with Crippen LogP contribution in [0, 0.1) is 12.8 Å². The Balaban J connectivity index is 1.94. The monoisotopic (exact) mass is 475 g/mol. The molecule has 11 heteroatoms. The topological polar surface area (TPSA) is 125 Å². The van der Waals surface area contributed by atoms with E-state index in [1.807, 2.05) is 0 Å². The predicted molar refractivity (Wildman–Crippen MR) is 119 cm³/mol. The summed E-state index contributed by atoms with van der Waals surface area (Å²) in [4.78, 5) is 55.8. The number of hydrogen-bond donors (Lipinski definition) is 1. The van der Waals surface area contributed by atoms with Gasteiger partial charge in [-0.1, -0.05) is 0 Å². The van der Waals surface area contributed by atoms with Crippen molar-refractivity contribution in [1.82, 2.24) is 14.7 Å². The summed E-state index contributed by atoms with van der Waals surface area (Å²) in [6, 6.07) is 1.28. The SMILES string of the molecule is CCOC(=O)C1=C(C)NC(C)=C(C(=O)OCC)C1C(=O)OCc1cc(=O)n2c(C)csc2n1. The molecule has 1 aliphatic heterocycles. The van der Waals surface area contributed by atoms with Crippen molar-refractivity contribution in [2.45, 2.75) is 41.2 Å². The summed E-state index contributed by atoms with van der Waals surface area (Å²) in [5, 5.41) is 4.74. The molecule has 0 saturated carbocycles. The fourth-order valence-corrected chi connectivity index (χ4v) is 4.48. The molecule has 0 saturated heterocycles. The lowest BCUT2D eigenvalue weighted by atomic mass is 9.85. The highest BCUT2D eigenvalue weighted by atomic mass is 32.1. The molecule has 0 atom stereocenters. The van der Waals surface area contributed by atoms with Crippen LogP contribution in [0.5, 0.6) is 0 Å². The van der Waals surface area contributed by atoms with E-state index in [0.717, 1.165) is 5.69 Å². The van der Waals surface area contributed by atoms with Crippen LogP contribution in [-0.4, -0.2) is 40.5 Å². The number of allylic oxidation sites excluding steroid dienone is 2. The van der Waals surface area contributed by atoms with Crippen LogP contribution in [-0.2, 0) is 35.2 Å². The Labute approximate surface area is 193 Å². The van der Waals surface area contributed by atoms with Gasteiger partial charge in [0.2, 0.25) is 0 Å². The molecule has 3 rings (SSSR count). The van der Waals surface area contributed by atoms with Crippen LogP contribution in [0.2, 0.25) is 0 Å². The molecule has 1 N–H and O–H groups in total. The predicted octanol–water partition coefficient (Wildman–Crippen LogP) is 2.00. The fraction of sp³-hybridized carbons (Fsp3) is 0.409. The average molecular weight is 476 g/mol. The number of hydrogen-bond acceptors (Lipinski definition) is 10. The standard InChI is InChI=1S/C22H25N3O7S/c1-6-30-19(27)16-12(4)23-13(5)17(20(28)31-7-2)18(16)21(29)32-9-14-8-15(26)25-11(3)10-33-22(25)24-14/h8,10,18,23H,6-7,9H2,1-5H3. The second-order valence-electron chi connectivity index (χ2n) is 7.26. The largest absolute Gasteiger partial charge is 0.463 e. The Morgan fingerprint density at radius 1 is 1.03 bits per heavy atom. The molecule has 33 heavy (non-hydrogen) atoms. The number of fused-ring (bicyclic) bond motifs is 1. The average Bonchev–Trinajstić information content (AvgIpc) is 3.12. The Hall–Kier alpha value is -3.47. The van der Waals surface area contributed by atoms with Crippen LogP contribution in [0.1, 0.15) is 39.1 Å². The van der Waals surface area contributed by atoms with Gasteiger partial charge in [0.1, 0.15) is 12.5 Å². The second-order valence-corrected chi connectivity index (χ2v) is 8.10. The van der Waals surface area contributed by atoms with Crippen molar-refractivity contribution in [2.75, 3.05) is 13.2 Å². The van der Waals surface area contributed by atoms with Gasteiger partial charge in [-0.15, -0.1) is 11.3 Å². The molecule has 2 aromatic rings. The Bertz CT molecular complexity index is 1200. The molecule has 2 aromatic heterocycles. The van der Waals surface area contributed by atoms with Crippen LogP contribution in [0.3, 0.4) is 0 Å². The van der Waals surface area contributed by atoms with E-state index in [2.05, 4.69) is 10.3 Å². The molecule has 176 valence electrons. The first kappa shape index (κ1) is 24.2. The minimum absolute atomic E-state index is 0.0344. The molecule has 0 aromatic carbocycles. The van der Waals surface area contributed by atoms with Crippen molar-refractivity contribution in [2.24, 2.45) is 5.92 Å². The first-order valence-electron chi connectivity index (χ1n) is 10.4. The summed E-state index contributed by atoms with van der Waals surface area (Å²) >= 11 is 1.29. The first-order chi connectivity index (χ1) is 15.7. The smallest absolute Gasteiger partial charge is 0.337 e. The van der Waals surface area contributed by atoms with Crippen molar-refractivity contribution in [3.05, 3.63) is 55.7 Å². The van der Waals surface area contributed by atoms with Crippen molar-refractivity contribution >= 4 is 34.2 Å².